The van der Waals surface area contributed by atoms with Crippen LogP contribution in [0.25, 0.3) is 55.6 Å². The lowest BCUT2D eigenvalue weighted by Crippen LogP contribution is -1.88. The van der Waals surface area contributed by atoms with Gasteiger partial charge in [0, 0.05) is 40.3 Å². The van der Waals surface area contributed by atoms with E-state index in [-0.39, 0.29) is 5.75 Å². The maximum atomic E-state index is 13.9. The molecule has 0 fully saturated rings. The van der Waals surface area contributed by atoms with E-state index in [1.165, 1.54) is 6.07 Å². The predicted molar refractivity (Wildman–Crippen MR) is 126 cm³/mol. The van der Waals surface area contributed by atoms with E-state index in [2.05, 4.69) is 25.1 Å². The van der Waals surface area contributed by atoms with E-state index >= 15 is 0 Å². The van der Waals surface area contributed by atoms with Crippen molar-refractivity contribution in [3.63, 3.8) is 0 Å². The van der Waals surface area contributed by atoms with Crippen molar-refractivity contribution in [3.8, 4) is 39.5 Å². The van der Waals surface area contributed by atoms with Gasteiger partial charge in [0.2, 0.25) is 0 Å². The molecule has 0 unspecified atom stereocenters. The molecule has 0 saturated carbocycles. The number of fused-ring (bicyclic) bond motifs is 2. The summed E-state index contributed by atoms with van der Waals surface area (Å²) < 4.78 is 13.9. The highest BCUT2D eigenvalue weighted by Crippen LogP contribution is 2.36. The SMILES string of the molecule is Cc1ccncc1-c1cc2c(-c3cc4c(-c5cc(O)cc(F)c5)cccc4[nH]3)n[nH]c2cn1. The summed E-state index contributed by atoms with van der Waals surface area (Å²) in [7, 11) is 0. The molecule has 33 heavy (non-hydrogen) atoms. The molecule has 6 rings (SSSR count). The number of halogens is 1. The van der Waals surface area contributed by atoms with E-state index in [1.807, 2.05) is 49.5 Å². The molecule has 0 aliphatic carbocycles. The van der Waals surface area contributed by atoms with Gasteiger partial charge in [0.15, 0.2) is 0 Å². The summed E-state index contributed by atoms with van der Waals surface area (Å²) in [6.45, 7) is 2.03. The van der Waals surface area contributed by atoms with E-state index in [1.54, 1.807) is 18.5 Å². The molecule has 6 aromatic rings. The van der Waals surface area contributed by atoms with Crippen LogP contribution in [0.3, 0.4) is 0 Å². The Kier molecular flexibility index (Phi) is 4.23. The van der Waals surface area contributed by atoms with Crippen LogP contribution in [-0.4, -0.2) is 30.3 Å². The molecule has 4 aromatic heterocycles. The summed E-state index contributed by atoms with van der Waals surface area (Å²) in [6.07, 6.45) is 5.35. The van der Waals surface area contributed by atoms with Crippen LogP contribution >= 0.6 is 0 Å². The Hall–Kier alpha value is -4.52. The highest BCUT2D eigenvalue weighted by atomic mass is 19.1. The Morgan fingerprint density at radius 1 is 0.909 bits per heavy atom. The molecule has 0 amide bonds. The van der Waals surface area contributed by atoms with Crippen LogP contribution in [0.5, 0.6) is 5.75 Å². The van der Waals surface area contributed by atoms with Gasteiger partial charge >= 0.3 is 0 Å². The maximum Gasteiger partial charge on any atom is 0.127 e. The van der Waals surface area contributed by atoms with Crippen LogP contribution in [-0.2, 0) is 0 Å². The van der Waals surface area contributed by atoms with Crippen molar-refractivity contribution in [3.05, 3.63) is 84.6 Å². The van der Waals surface area contributed by atoms with Gasteiger partial charge in [0.25, 0.3) is 0 Å². The summed E-state index contributed by atoms with van der Waals surface area (Å²) in [5.74, 6) is -0.594. The number of pyridine rings is 2. The quantitative estimate of drug-likeness (QED) is 0.319. The Balaban J connectivity index is 1.52. The zero-order valence-corrected chi connectivity index (χ0v) is 17.6. The lowest BCUT2D eigenvalue weighted by atomic mass is 10.0. The standard InChI is InChI=1S/C26H18FN5O/c1-14-5-6-28-12-21(14)23-11-20-25(13-29-23)31-32-26(20)24-10-19-18(3-2-4-22(19)30-24)15-7-16(27)9-17(33)8-15/h2-13,30,33H,1H3,(H,31,32). The normalized spacial score (nSPS) is 11.5. The first-order valence-electron chi connectivity index (χ1n) is 10.4. The van der Waals surface area contributed by atoms with Gasteiger partial charge in [-0.3, -0.25) is 15.1 Å². The van der Waals surface area contributed by atoms with Gasteiger partial charge in [-0.05, 0) is 60.0 Å². The van der Waals surface area contributed by atoms with Crippen molar-refractivity contribution in [1.82, 2.24) is 25.1 Å². The van der Waals surface area contributed by atoms with Crippen LogP contribution in [0.4, 0.5) is 4.39 Å². The fourth-order valence-electron chi connectivity index (χ4n) is 4.27. The number of rotatable bonds is 3. The number of aromatic hydroxyl groups is 1. The van der Waals surface area contributed by atoms with Crippen molar-refractivity contribution in [2.24, 2.45) is 0 Å². The van der Waals surface area contributed by atoms with Crippen molar-refractivity contribution in [2.45, 2.75) is 6.92 Å². The van der Waals surface area contributed by atoms with Crippen molar-refractivity contribution in [1.29, 1.82) is 0 Å². The smallest absolute Gasteiger partial charge is 0.127 e. The number of aromatic amines is 2. The minimum Gasteiger partial charge on any atom is -0.508 e. The van der Waals surface area contributed by atoms with Crippen LogP contribution in [0.15, 0.2) is 73.2 Å². The summed E-state index contributed by atoms with van der Waals surface area (Å²) in [5.41, 5.74) is 7.61. The molecular formula is C26H18FN5O. The van der Waals surface area contributed by atoms with Crippen molar-refractivity contribution in [2.75, 3.05) is 0 Å². The van der Waals surface area contributed by atoms with E-state index < -0.39 is 5.82 Å². The Bertz CT molecular complexity index is 1650. The number of hydrogen-bond acceptors (Lipinski definition) is 4. The molecule has 0 radical (unpaired) electrons. The number of nitrogens with zero attached hydrogens (tertiary/aromatic N) is 3. The Labute approximate surface area is 187 Å². The van der Waals surface area contributed by atoms with Crippen LogP contribution in [0.2, 0.25) is 0 Å². The number of phenols is 1. The van der Waals surface area contributed by atoms with Gasteiger partial charge in [0.1, 0.15) is 17.3 Å². The molecule has 4 heterocycles. The topological polar surface area (TPSA) is 90.5 Å². The first kappa shape index (κ1) is 19.2. The molecule has 160 valence electrons. The van der Waals surface area contributed by atoms with Gasteiger partial charge in [0.05, 0.1) is 23.1 Å². The molecule has 0 aliphatic rings. The number of phenolic OH excluding ortho intramolecular Hbond substituents is 1. The van der Waals surface area contributed by atoms with E-state index in [4.69, 9.17) is 0 Å². The minimum absolute atomic E-state index is 0.109. The van der Waals surface area contributed by atoms with Gasteiger partial charge in [-0.1, -0.05) is 12.1 Å². The molecule has 6 nitrogen and oxygen atoms in total. The summed E-state index contributed by atoms with van der Waals surface area (Å²) >= 11 is 0. The first-order chi connectivity index (χ1) is 16.1. The van der Waals surface area contributed by atoms with E-state index in [9.17, 15) is 9.50 Å². The van der Waals surface area contributed by atoms with Gasteiger partial charge < -0.3 is 10.1 Å². The lowest BCUT2D eigenvalue weighted by Gasteiger charge is -2.05. The Morgan fingerprint density at radius 2 is 1.82 bits per heavy atom. The second kappa shape index (κ2) is 7.27. The summed E-state index contributed by atoms with van der Waals surface area (Å²) in [4.78, 5) is 12.2. The molecule has 0 aliphatic heterocycles. The third-order valence-corrected chi connectivity index (χ3v) is 5.88. The van der Waals surface area contributed by atoms with Crippen molar-refractivity contribution < 1.29 is 9.50 Å². The minimum atomic E-state index is -0.484. The summed E-state index contributed by atoms with van der Waals surface area (Å²) in [6, 6.07) is 15.8. The monoisotopic (exact) mass is 435 g/mol. The Morgan fingerprint density at radius 3 is 2.67 bits per heavy atom. The van der Waals surface area contributed by atoms with Gasteiger partial charge in [-0.2, -0.15) is 5.10 Å². The van der Waals surface area contributed by atoms with E-state index in [0.29, 0.717) is 5.56 Å². The molecule has 0 atom stereocenters. The van der Waals surface area contributed by atoms with Crippen molar-refractivity contribution >= 4 is 21.8 Å². The first-order valence-corrected chi connectivity index (χ1v) is 10.4. The summed E-state index contributed by atoms with van der Waals surface area (Å²) in [5, 5.41) is 19.3. The largest absolute Gasteiger partial charge is 0.508 e. The molecule has 0 saturated heterocycles. The fraction of sp³-hybridized carbons (Fsp3) is 0.0385. The van der Waals surface area contributed by atoms with Gasteiger partial charge in [-0.25, -0.2) is 4.39 Å². The average Bonchev–Trinajstić information content (AvgIpc) is 3.42. The van der Waals surface area contributed by atoms with Crippen LogP contribution in [0, 0.1) is 12.7 Å². The van der Waals surface area contributed by atoms with Crippen LogP contribution < -0.4 is 0 Å². The fourth-order valence-corrected chi connectivity index (χ4v) is 4.27. The highest BCUT2D eigenvalue weighted by Gasteiger charge is 2.16. The zero-order chi connectivity index (χ0) is 22.5. The molecular weight excluding hydrogens is 417 g/mol. The molecule has 3 N–H and O–H groups in total. The van der Waals surface area contributed by atoms with Crippen LogP contribution in [0.1, 0.15) is 5.56 Å². The molecule has 7 heteroatoms. The third kappa shape index (κ3) is 3.22. The molecule has 2 aromatic carbocycles. The number of aromatic nitrogens is 5. The number of hydrogen-bond donors (Lipinski definition) is 3. The van der Waals surface area contributed by atoms with Gasteiger partial charge in [-0.15, -0.1) is 0 Å². The second-order valence-electron chi connectivity index (χ2n) is 8.03. The zero-order valence-electron chi connectivity index (χ0n) is 17.6. The molecule has 0 spiro atoms. The molecule has 0 bridgehead atoms. The second-order valence-corrected chi connectivity index (χ2v) is 8.03. The predicted octanol–water partition coefficient (Wildman–Crippen LogP) is 5.99. The number of aryl methyl sites for hydroxylation is 1. The average molecular weight is 435 g/mol. The number of nitrogens with one attached hydrogen (secondary N) is 2. The highest BCUT2D eigenvalue weighted by molar-refractivity contribution is 6.01. The third-order valence-electron chi connectivity index (χ3n) is 5.88. The number of benzene rings is 2. The van der Waals surface area contributed by atoms with E-state index in [0.717, 1.165) is 61.6 Å². The number of H-pyrrole nitrogens is 2. The maximum absolute atomic E-state index is 13.9. The lowest BCUT2D eigenvalue weighted by molar-refractivity contribution is 0.469.